The summed E-state index contributed by atoms with van der Waals surface area (Å²) in [4.78, 5) is 39.4. The third-order valence-corrected chi connectivity index (χ3v) is 8.29. The number of aliphatic carboxylic acids is 1. The highest BCUT2D eigenvalue weighted by molar-refractivity contribution is 7.86. The number of carbonyl (C=O) groups excluding carboxylic acids is 2. The molecule has 0 aliphatic heterocycles. The first-order valence-electron chi connectivity index (χ1n) is 14.0. The van der Waals surface area contributed by atoms with Gasteiger partial charge in [-0.2, -0.15) is 8.42 Å². The molecule has 2 amide bonds. The number of carboxylic acid groups (broad SMARTS) is 1. The van der Waals surface area contributed by atoms with Crippen molar-refractivity contribution in [1.82, 2.24) is 10.6 Å². The highest BCUT2D eigenvalue weighted by Crippen LogP contribution is 2.37. The summed E-state index contributed by atoms with van der Waals surface area (Å²) in [7, 11) is -0.325. The Hall–Kier alpha value is -4.04. The summed E-state index contributed by atoms with van der Waals surface area (Å²) in [5, 5.41) is 15.5. The molecule has 0 heterocycles. The number of hydrogen-bond acceptors (Lipinski definition) is 10. The van der Waals surface area contributed by atoms with Crippen LogP contribution in [0.5, 0.6) is 17.2 Å². The van der Waals surface area contributed by atoms with E-state index in [-0.39, 0.29) is 11.4 Å². The van der Waals surface area contributed by atoms with Gasteiger partial charge in [0.1, 0.15) is 28.4 Å². The van der Waals surface area contributed by atoms with Crippen molar-refractivity contribution < 1.29 is 51.0 Å². The maximum atomic E-state index is 13.8. The Balaban J connectivity index is 2.62. The van der Waals surface area contributed by atoms with Gasteiger partial charge >= 0.3 is 12.1 Å². The van der Waals surface area contributed by atoms with E-state index in [1.807, 2.05) is 0 Å². The molecule has 0 bridgehead atoms. The van der Waals surface area contributed by atoms with E-state index < -0.39 is 57.2 Å². The lowest BCUT2D eigenvalue weighted by Gasteiger charge is -2.43. The van der Waals surface area contributed by atoms with E-state index in [1.165, 1.54) is 54.2 Å². The zero-order valence-corrected chi connectivity index (χ0v) is 28.2. The fourth-order valence-corrected chi connectivity index (χ4v) is 5.43. The lowest BCUT2D eigenvalue weighted by molar-refractivity contribution is -0.153. The van der Waals surface area contributed by atoms with E-state index in [0.29, 0.717) is 22.8 Å². The average molecular weight is 653 g/mol. The number of amides is 2. The van der Waals surface area contributed by atoms with Crippen LogP contribution in [0.4, 0.5) is 4.79 Å². The zero-order valence-electron chi connectivity index (χ0n) is 27.4. The largest absolute Gasteiger partial charge is 0.496 e. The summed E-state index contributed by atoms with van der Waals surface area (Å²) in [6, 6.07) is 8.85. The lowest BCUT2D eigenvalue weighted by atomic mass is 9.70. The molecule has 0 aliphatic rings. The second kappa shape index (κ2) is 14.4. The number of alkyl carbamates (subject to hydrolysis) is 1. The molecule has 3 N–H and O–H groups in total. The van der Waals surface area contributed by atoms with Crippen LogP contribution in [0.15, 0.2) is 41.3 Å². The molecule has 13 nitrogen and oxygen atoms in total. The van der Waals surface area contributed by atoms with Gasteiger partial charge in [0.25, 0.3) is 16.0 Å². The van der Waals surface area contributed by atoms with Crippen LogP contribution in [-0.2, 0) is 35.2 Å². The maximum Gasteiger partial charge on any atom is 0.408 e. The molecule has 0 aliphatic carbocycles. The van der Waals surface area contributed by atoms with Gasteiger partial charge in [-0.1, -0.05) is 38.5 Å². The second-order valence-corrected chi connectivity index (χ2v) is 13.9. The van der Waals surface area contributed by atoms with Crippen LogP contribution in [0.1, 0.15) is 59.1 Å². The van der Waals surface area contributed by atoms with Gasteiger partial charge in [0.15, 0.2) is 6.10 Å². The van der Waals surface area contributed by atoms with E-state index in [4.69, 9.17) is 23.1 Å². The fraction of sp³-hybridized carbons (Fsp3) is 0.516. The van der Waals surface area contributed by atoms with Crippen molar-refractivity contribution in [2.45, 2.75) is 83.6 Å². The summed E-state index contributed by atoms with van der Waals surface area (Å²) in [5.74, 6) is -1.48. The molecule has 0 radical (unpaired) electrons. The molecule has 1 unspecified atom stereocenters. The number of nitrogens with one attached hydrogen (secondary N) is 2. The number of carbonyl (C=O) groups is 3. The molecule has 2 atom stereocenters. The minimum atomic E-state index is -4.60. The van der Waals surface area contributed by atoms with Gasteiger partial charge in [0.2, 0.25) is 0 Å². The van der Waals surface area contributed by atoms with Gasteiger partial charge in [0.05, 0.1) is 38.3 Å². The third kappa shape index (κ3) is 9.47. The number of hydrogen-bond donors (Lipinski definition) is 3. The van der Waals surface area contributed by atoms with Gasteiger partial charge in [-0.05, 0) is 45.2 Å². The van der Waals surface area contributed by atoms with Crippen molar-refractivity contribution in [3.05, 3.63) is 47.5 Å². The van der Waals surface area contributed by atoms with Crippen molar-refractivity contribution in [3.63, 3.8) is 0 Å². The molecule has 250 valence electrons. The highest BCUT2D eigenvalue weighted by atomic mass is 32.2. The molecule has 0 aromatic heterocycles. The van der Waals surface area contributed by atoms with Crippen LogP contribution in [0, 0.1) is 12.3 Å². The maximum absolute atomic E-state index is 13.8. The van der Waals surface area contributed by atoms with Gasteiger partial charge in [-0.15, -0.1) is 0 Å². The summed E-state index contributed by atoms with van der Waals surface area (Å²) in [5.41, 5.74) is -3.33. The molecule has 14 heteroatoms. The van der Waals surface area contributed by atoms with Crippen LogP contribution in [0.2, 0.25) is 0 Å². The predicted octanol–water partition coefficient (Wildman–Crippen LogP) is 4.20. The molecule has 2 rings (SSSR count). The van der Waals surface area contributed by atoms with Crippen molar-refractivity contribution in [2.75, 3.05) is 21.3 Å². The van der Waals surface area contributed by atoms with Gasteiger partial charge in [-0.3, -0.25) is 8.98 Å². The average Bonchev–Trinajstić information content (AvgIpc) is 2.92. The Morgan fingerprint density at radius 2 is 1.42 bits per heavy atom. The number of carboxylic acids is 1. The number of ether oxygens (including phenoxy) is 4. The van der Waals surface area contributed by atoms with Gasteiger partial charge in [-0.25, -0.2) is 9.59 Å². The van der Waals surface area contributed by atoms with Crippen molar-refractivity contribution >= 4 is 28.1 Å². The second-order valence-electron chi connectivity index (χ2n) is 12.4. The fourth-order valence-electron chi connectivity index (χ4n) is 4.39. The Labute approximate surface area is 264 Å². The number of aryl methyl sites for hydroxylation is 1. The van der Waals surface area contributed by atoms with Crippen molar-refractivity contribution in [2.24, 2.45) is 5.41 Å². The van der Waals surface area contributed by atoms with Crippen LogP contribution in [0.3, 0.4) is 0 Å². The Morgan fingerprint density at radius 3 is 1.84 bits per heavy atom. The summed E-state index contributed by atoms with van der Waals surface area (Å²) >= 11 is 0. The number of methoxy groups -OCH3 is 3. The summed E-state index contributed by atoms with van der Waals surface area (Å²) < 4.78 is 53.7. The third-order valence-electron chi connectivity index (χ3n) is 6.95. The lowest BCUT2D eigenvalue weighted by Crippen LogP contribution is -2.65. The van der Waals surface area contributed by atoms with Crippen LogP contribution in [0.25, 0.3) is 0 Å². The zero-order chi connectivity index (χ0) is 34.4. The van der Waals surface area contributed by atoms with E-state index in [2.05, 4.69) is 10.6 Å². The van der Waals surface area contributed by atoms with Crippen molar-refractivity contribution in [1.29, 1.82) is 0 Å². The van der Waals surface area contributed by atoms with Crippen LogP contribution < -0.4 is 24.8 Å². The topological polar surface area (TPSA) is 176 Å². The smallest absolute Gasteiger partial charge is 0.408 e. The SMILES string of the molecule is COc1cc(OC)c(CNC(=O)C(C[C@](NC(=O)OC(C)(C)C)(C(=O)O)C(C)(C)C)OS(=O)(=O)c2ccc(C)cc2)c(OC)c1. The Bertz CT molecular complexity index is 1450. The number of benzene rings is 2. The molecule has 0 saturated carbocycles. The highest BCUT2D eigenvalue weighted by Gasteiger charge is 2.54. The molecule has 0 saturated heterocycles. The van der Waals surface area contributed by atoms with Crippen LogP contribution >= 0.6 is 0 Å². The molecular weight excluding hydrogens is 608 g/mol. The van der Waals surface area contributed by atoms with E-state index in [0.717, 1.165) is 5.56 Å². The van der Waals surface area contributed by atoms with E-state index in [9.17, 15) is 27.9 Å². The first-order valence-corrected chi connectivity index (χ1v) is 15.4. The van der Waals surface area contributed by atoms with Crippen molar-refractivity contribution in [3.8, 4) is 17.2 Å². The summed E-state index contributed by atoms with van der Waals surface area (Å²) in [6.45, 7) is 10.9. The molecule has 45 heavy (non-hydrogen) atoms. The molecule has 0 fully saturated rings. The summed E-state index contributed by atoms with van der Waals surface area (Å²) in [6.07, 6.45) is -3.80. The van der Waals surface area contributed by atoms with Gasteiger partial charge < -0.3 is 34.7 Å². The molecule has 2 aromatic carbocycles. The Morgan fingerprint density at radius 1 is 0.889 bits per heavy atom. The monoisotopic (exact) mass is 652 g/mol. The van der Waals surface area contributed by atoms with Gasteiger partial charge in [0, 0.05) is 18.6 Å². The molecule has 0 spiro atoms. The predicted molar refractivity (Wildman–Crippen MR) is 165 cm³/mol. The van der Waals surface area contributed by atoms with E-state index in [1.54, 1.807) is 52.0 Å². The molecular formula is C31H44N2O11S. The normalized spacial score (nSPS) is 14.0. The Kier molecular flexibility index (Phi) is 11.9. The van der Waals surface area contributed by atoms with Crippen LogP contribution in [-0.4, -0.2) is 70.1 Å². The standard InChI is InChI=1S/C31H44N2O11S/c1-19-11-13-21(14-12-19)45(38,39)44-25(17-31(27(35)36,29(2,3)4)33-28(37)43-30(5,6)7)26(34)32-18-22-23(41-9)15-20(40-8)16-24(22)42-10/h11-16,25H,17-18H2,1-10H3,(H,32,34)(H,33,37)(H,35,36)/t25?,31-/m0/s1. The minimum absolute atomic E-state index is 0.227. The van der Waals surface area contributed by atoms with E-state index >= 15 is 0 Å². The molecule has 2 aromatic rings. The minimum Gasteiger partial charge on any atom is -0.496 e. The number of rotatable bonds is 13. The quantitative estimate of drug-likeness (QED) is 0.265. The first kappa shape index (κ1) is 37.1. The first-order chi connectivity index (χ1) is 20.7.